The van der Waals surface area contributed by atoms with Gasteiger partial charge >= 0.3 is 0 Å². The topological polar surface area (TPSA) is 49.0 Å². The Morgan fingerprint density at radius 2 is 1.86 bits per heavy atom. The lowest BCUT2D eigenvalue weighted by atomic mass is 9.96. The number of hydrogen-bond acceptors (Lipinski definition) is 2. The van der Waals surface area contributed by atoms with Gasteiger partial charge in [-0.2, -0.15) is 0 Å². The van der Waals surface area contributed by atoms with Crippen molar-refractivity contribution >= 4 is 27.8 Å². The van der Waals surface area contributed by atoms with Crippen molar-refractivity contribution in [2.24, 2.45) is 0 Å². The summed E-state index contributed by atoms with van der Waals surface area (Å²) in [5, 5.41) is 2.29. The van der Waals surface area contributed by atoms with E-state index in [4.69, 9.17) is 0 Å². The minimum Gasteiger partial charge on any atom is -0.339 e. The minimum absolute atomic E-state index is 0.0756. The van der Waals surface area contributed by atoms with Gasteiger partial charge in [0.05, 0.1) is 5.52 Å². The predicted octanol–water partition coefficient (Wildman–Crippen LogP) is 5.48. The van der Waals surface area contributed by atoms with Crippen LogP contribution in [0.4, 0.5) is 0 Å². The first-order valence-corrected chi connectivity index (χ1v) is 9.80. The lowest BCUT2D eigenvalue weighted by Crippen LogP contribution is -2.30. The predicted molar refractivity (Wildman–Crippen MR) is 116 cm³/mol. The van der Waals surface area contributed by atoms with Gasteiger partial charge in [0.2, 0.25) is 0 Å². The third-order valence-corrected chi connectivity index (χ3v) is 5.42. The molecular formula is C24H25N3O. The molecule has 0 atom stereocenters. The third kappa shape index (κ3) is 2.95. The number of carbonyl (C=O) groups is 1. The smallest absolute Gasteiger partial charge is 0.253 e. The summed E-state index contributed by atoms with van der Waals surface area (Å²) in [6.45, 7) is 9.61. The molecule has 2 aromatic carbocycles. The zero-order chi connectivity index (χ0) is 19.8. The van der Waals surface area contributed by atoms with E-state index in [2.05, 4.69) is 48.1 Å². The van der Waals surface area contributed by atoms with Crippen LogP contribution < -0.4 is 0 Å². The average molecular weight is 371 g/mol. The first-order chi connectivity index (χ1) is 13.5. The molecule has 2 aromatic heterocycles. The Morgan fingerprint density at radius 1 is 1.07 bits per heavy atom. The SMILES string of the molecule is CCN(CC)C(=O)c1cccc(-c2ccc(C)c3[nH]c4ncc(C)cc4c23)c1. The second-order valence-electron chi connectivity index (χ2n) is 7.27. The number of benzene rings is 2. The Morgan fingerprint density at radius 3 is 2.61 bits per heavy atom. The number of nitrogens with one attached hydrogen (secondary N) is 1. The molecule has 0 bridgehead atoms. The maximum Gasteiger partial charge on any atom is 0.253 e. The molecule has 0 saturated carbocycles. The van der Waals surface area contributed by atoms with Gasteiger partial charge in [-0.15, -0.1) is 0 Å². The number of fused-ring (bicyclic) bond motifs is 3. The first kappa shape index (κ1) is 18.2. The summed E-state index contributed by atoms with van der Waals surface area (Å²) in [7, 11) is 0. The van der Waals surface area contributed by atoms with Gasteiger partial charge in [-0.25, -0.2) is 4.98 Å². The Hall–Kier alpha value is -3.14. The van der Waals surface area contributed by atoms with Gasteiger partial charge in [-0.1, -0.05) is 24.3 Å². The van der Waals surface area contributed by atoms with E-state index in [1.54, 1.807) is 0 Å². The molecule has 1 amide bonds. The fourth-order valence-corrected chi connectivity index (χ4v) is 3.88. The van der Waals surface area contributed by atoms with Gasteiger partial charge in [0.25, 0.3) is 5.91 Å². The number of hydrogen-bond donors (Lipinski definition) is 1. The number of rotatable bonds is 4. The van der Waals surface area contributed by atoms with E-state index in [0.29, 0.717) is 13.1 Å². The van der Waals surface area contributed by atoms with Gasteiger partial charge in [0, 0.05) is 35.6 Å². The second-order valence-corrected chi connectivity index (χ2v) is 7.27. The normalized spacial score (nSPS) is 11.3. The summed E-state index contributed by atoms with van der Waals surface area (Å²) in [5.74, 6) is 0.0756. The van der Waals surface area contributed by atoms with Crippen molar-refractivity contribution < 1.29 is 4.79 Å². The van der Waals surface area contributed by atoms with Gasteiger partial charge < -0.3 is 9.88 Å². The Kier molecular flexibility index (Phi) is 4.63. The molecule has 0 saturated heterocycles. The molecule has 0 aliphatic carbocycles. The van der Waals surface area contributed by atoms with Crippen molar-refractivity contribution in [1.82, 2.24) is 14.9 Å². The van der Waals surface area contributed by atoms with Crippen LogP contribution in [0.5, 0.6) is 0 Å². The minimum atomic E-state index is 0.0756. The summed E-state index contributed by atoms with van der Waals surface area (Å²) >= 11 is 0. The van der Waals surface area contributed by atoms with Gasteiger partial charge in [0.15, 0.2) is 0 Å². The van der Waals surface area contributed by atoms with Crippen molar-refractivity contribution in [2.75, 3.05) is 13.1 Å². The molecule has 1 N–H and O–H groups in total. The van der Waals surface area contributed by atoms with E-state index >= 15 is 0 Å². The van der Waals surface area contributed by atoms with E-state index in [1.807, 2.05) is 43.1 Å². The first-order valence-electron chi connectivity index (χ1n) is 9.80. The summed E-state index contributed by atoms with van der Waals surface area (Å²) in [6, 6.07) is 14.4. The molecule has 0 radical (unpaired) electrons. The van der Waals surface area contributed by atoms with Crippen molar-refractivity contribution in [3.8, 4) is 11.1 Å². The van der Waals surface area contributed by atoms with Gasteiger partial charge in [-0.3, -0.25) is 4.79 Å². The standard InChI is InChI=1S/C24H25N3O/c1-5-27(6-2)24(28)18-9-7-8-17(13-18)19-11-10-16(4)22-21(19)20-12-15(3)14-25-23(20)26-22/h7-14H,5-6H2,1-4H3,(H,25,26). The van der Waals surface area contributed by atoms with Crippen LogP contribution in [0.15, 0.2) is 48.7 Å². The molecular weight excluding hydrogens is 346 g/mol. The Balaban J connectivity index is 1.94. The van der Waals surface area contributed by atoms with E-state index < -0.39 is 0 Å². The van der Waals surface area contributed by atoms with Crippen LogP contribution in [0.1, 0.15) is 35.3 Å². The zero-order valence-corrected chi connectivity index (χ0v) is 16.8. The Bertz CT molecular complexity index is 1190. The highest BCUT2D eigenvalue weighted by atomic mass is 16.2. The number of aromatic nitrogens is 2. The third-order valence-electron chi connectivity index (χ3n) is 5.42. The monoisotopic (exact) mass is 371 g/mol. The largest absolute Gasteiger partial charge is 0.339 e. The highest BCUT2D eigenvalue weighted by molar-refractivity contribution is 6.14. The lowest BCUT2D eigenvalue weighted by Gasteiger charge is -2.19. The fourth-order valence-electron chi connectivity index (χ4n) is 3.88. The Labute approximate surface area is 165 Å². The van der Waals surface area contributed by atoms with Crippen LogP contribution >= 0.6 is 0 Å². The molecule has 28 heavy (non-hydrogen) atoms. The quantitative estimate of drug-likeness (QED) is 0.516. The number of amides is 1. The molecule has 4 aromatic rings. The van der Waals surface area contributed by atoms with Crippen LogP contribution in [-0.4, -0.2) is 33.9 Å². The highest BCUT2D eigenvalue weighted by Crippen LogP contribution is 2.36. The van der Waals surface area contributed by atoms with Crippen molar-refractivity contribution in [1.29, 1.82) is 0 Å². The molecule has 0 unspecified atom stereocenters. The van der Waals surface area contributed by atoms with Crippen LogP contribution in [0.2, 0.25) is 0 Å². The van der Waals surface area contributed by atoms with E-state index in [9.17, 15) is 4.79 Å². The number of H-pyrrole nitrogens is 1. The lowest BCUT2D eigenvalue weighted by molar-refractivity contribution is 0.0773. The summed E-state index contributed by atoms with van der Waals surface area (Å²) in [6.07, 6.45) is 1.89. The average Bonchev–Trinajstić information content (AvgIpc) is 3.09. The van der Waals surface area contributed by atoms with E-state index in [-0.39, 0.29) is 5.91 Å². The summed E-state index contributed by atoms with van der Waals surface area (Å²) in [5.41, 5.74) is 7.21. The maximum atomic E-state index is 12.8. The molecule has 0 aliphatic rings. The molecule has 0 spiro atoms. The van der Waals surface area contributed by atoms with Crippen molar-refractivity contribution in [2.45, 2.75) is 27.7 Å². The maximum absolute atomic E-state index is 12.8. The number of nitrogens with zero attached hydrogens (tertiary/aromatic N) is 2. The van der Waals surface area contributed by atoms with E-state index in [0.717, 1.165) is 38.8 Å². The fraction of sp³-hybridized carbons (Fsp3) is 0.250. The second kappa shape index (κ2) is 7.12. The molecule has 2 heterocycles. The zero-order valence-electron chi connectivity index (χ0n) is 16.8. The molecule has 4 nitrogen and oxygen atoms in total. The highest BCUT2D eigenvalue weighted by Gasteiger charge is 2.16. The molecule has 0 aliphatic heterocycles. The number of aryl methyl sites for hydroxylation is 2. The molecule has 142 valence electrons. The number of pyridine rings is 1. The van der Waals surface area contributed by atoms with Crippen LogP contribution in [0, 0.1) is 13.8 Å². The van der Waals surface area contributed by atoms with Crippen molar-refractivity contribution in [3.05, 3.63) is 65.4 Å². The van der Waals surface area contributed by atoms with E-state index in [1.165, 1.54) is 10.9 Å². The molecule has 0 fully saturated rings. The number of carbonyl (C=O) groups excluding carboxylic acids is 1. The van der Waals surface area contributed by atoms with Crippen molar-refractivity contribution in [3.63, 3.8) is 0 Å². The molecule has 4 rings (SSSR count). The number of aromatic amines is 1. The van der Waals surface area contributed by atoms with Crippen LogP contribution in [0.3, 0.4) is 0 Å². The van der Waals surface area contributed by atoms with Crippen LogP contribution in [-0.2, 0) is 0 Å². The van der Waals surface area contributed by atoms with Gasteiger partial charge in [-0.05, 0) is 68.1 Å². The summed E-state index contributed by atoms with van der Waals surface area (Å²) in [4.78, 5) is 22.7. The summed E-state index contributed by atoms with van der Waals surface area (Å²) < 4.78 is 0. The van der Waals surface area contributed by atoms with Crippen LogP contribution in [0.25, 0.3) is 33.1 Å². The molecule has 4 heteroatoms. The van der Waals surface area contributed by atoms with Gasteiger partial charge in [0.1, 0.15) is 5.65 Å².